The SMILES string of the molecule is CCC1C=C[CH+]C=C1. The van der Waals surface area contributed by atoms with E-state index in [4.69, 9.17) is 0 Å². The molecule has 42 valence electrons. The Labute approximate surface area is 50.9 Å². The molecule has 0 heterocycles. The molecular formula is C8H11+. The third-order valence-corrected chi connectivity index (χ3v) is 1.41. The van der Waals surface area contributed by atoms with E-state index in [1.807, 2.05) is 0 Å². The van der Waals surface area contributed by atoms with Crippen LogP contribution in [0.1, 0.15) is 13.3 Å². The highest BCUT2D eigenvalue weighted by atomic mass is 14.0. The monoisotopic (exact) mass is 107 g/mol. The maximum absolute atomic E-state index is 2.22. The Bertz CT molecular complexity index is 97.2. The van der Waals surface area contributed by atoms with Gasteiger partial charge in [-0.05, 0) is 6.42 Å². The minimum atomic E-state index is 0.694. The van der Waals surface area contributed by atoms with Crippen molar-refractivity contribution in [2.45, 2.75) is 13.3 Å². The van der Waals surface area contributed by atoms with Crippen LogP contribution in [0.25, 0.3) is 0 Å². The first-order valence-corrected chi connectivity index (χ1v) is 3.12. The Balaban J connectivity index is 2.42. The van der Waals surface area contributed by atoms with Crippen LogP contribution in [0.5, 0.6) is 0 Å². The molecule has 0 aromatic carbocycles. The summed E-state index contributed by atoms with van der Waals surface area (Å²) in [5.41, 5.74) is 0. The number of hydrogen-bond donors (Lipinski definition) is 0. The summed E-state index contributed by atoms with van der Waals surface area (Å²) in [6.07, 6.45) is 11.9. The summed E-state index contributed by atoms with van der Waals surface area (Å²) in [7, 11) is 0. The Kier molecular flexibility index (Phi) is 1.79. The molecular weight excluding hydrogens is 96.1 g/mol. The molecule has 0 saturated heterocycles. The first kappa shape index (κ1) is 5.49. The second-order valence-corrected chi connectivity index (χ2v) is 2.03. The molecule has 0 aromatic heterocycles. The molecule has 0 N–H and O–H groups in total. The Hall–Kier alpha value is -0.650. The highest BCUT2D eigenvalue weighted by Crippen LogP contribution is 2.10. The summed E-state index contributed by atoms with van der Waals surface area (Å²) in [6.45, 7) is 2.20. The molecule has 0 spiro atoms. The third kappa shape index (κ3) is 1.16. The number of allylic oxidation sites excluding steroid dienone is 4. The van der Waals surface area contributed by atoms with E-state index in [2.05, 4.69) is 37.6 Å². The van der Waals surface area contributed by atoms with E-state index >= 15 is 0 Å². The van der Waals surface area contributed by atoms with Crippen molar-refractivity contribution in [2.75, 3.05) is 0 Å². The summed E-state index contributed by atoms with van der Waals surface area (Å²) in [4.78, 5) is 0. The molecule has 8 heavy (non-hydrogen) atoms. The van der Waals surface area contributed by atoms with E-state index in [0.717, 1.165) is 0 Å². The van der Waals surface area contributed by atoms with E-state index in [1.165, 1.54) is 6.42 Å². The van der Waals surface area contributed by atoms with Crippen LogP contribution in [0.2, 0.25) is 0 Å². The van der Waals surface area contributed by atoms with Crippen molar-refractivity contribution in [3.63, 3.8) is 0 Å². The predicted octanol–water partition coefficient (Wildman–Crippen LogP) is 2.34. The quantitative estimate of drug-likeness (QED) is 0.451. The van der Waals surface area contributed by atoms with Gasteiger partial charge in [0.05, 0.1) is 5.92 Å². The van der Waals surface area contributed by atoms with Crippen LogP contribution in [-0.2, 0) is 0 Å². The molecule has 0 amide bonds. The lowest BCUT2D eigenvalue weighted by atomic mass is 10.0. The van der Waals surface area contributed by atoms with Crippen LogP contribution >= 0.6 is 0 Å². The van der Waals surface area contributed by atoms with Gasteiger partial charge in [-0.1, -0.05) is 6.92 Å². The van der Waals surface area contributed by atoms with Gasteiger partial charge in [0, 0.05) is 30.7 Å². The minimum Gasteiger partial charge on any atom is -0.0622 e. The highest BCUT2D eigenvalue weighted by molar-refractivity contribution is 5.18. The first-order valence-electron chi connectivity index (χ1n) is 3.12. The van der Waals surface area contributed by atoms with E-state index < -0.39 is 0 Å². The van der Waals surface area contributed by atoms with Gasteiger partial charge in [0.1, 0.15) is 0 Å². The van der Waals surface area contributed by atoms with E-state index in [-0.39, 0.29) is 0 Å². The topological polar surface area (TPSA) is 0 Å². The molecule has 0 radical (unpaired) electrons. The van der Waals surface area contributed by atoms with Crippen molar-refractivity contribution >= 4 is 0 Å². The van der Waals surface area contributed by atoms with Gasteiger partial charge in [0.15, 0.2) is 0 Å². The zero-order chi connectivity index (χ0) is 5.82. The molecule has 1 rings (SSSR count). The zero-order valence-corrected chi connectivity index (χ0v) is 5.17. The number of hydrogen-bond acceptors (Lipinski definition) is 0. The molecule has 1 aliphatic carbocycles. The minimum absolute atomic E-state index is 0.694. The van der Waals surface area contributed by atoms with Gasteiger partial charge >= 0.3 is 0 Å². The van der Waals surface area contributed by atoms with Crippen LogP contribution in [0, 0.1) is 12.3 Å². The fraction of sp³-hybridized carbons (Fsp3) is 0.375. The maximum atomic E-state index is 2.22. The molecule has 0 aliphatic heterocycles. The Morgan fingerprint density at radius 2 is 2.00 bits per heavy atom. The van der Waals surface area contributed by atoms with Crippen LogP contribution in [0.15, 0.2) is 24.3 Å². The van der Waals surface area contributed by atoms with Crippen molar-refractivity contribution in [2.24, 2.45) is 5.92 Å². The molecule has 0 bridgehead atoms. The average Bonchev–Trinajstić information content (AvgIpc) is 1.90. The number of rotatable bonds is 1. The van der Waals surface area contributed by atoms with Crippen LogP contribution in [-0.4, -0.2) is 0 Å². The molecule has 0 fully saturated rings. The molecule has 0 heteroatoms. The first-order chi connectivity index (χ1) is 3.93. The molecule has 0 saturated carbocycles. The summed E-state index contributed by atoms with van der Waals surface area (Å²) >= 11 is 0. The van der Waals surface area contributed by atoms with Crippen LogP contribution in [0.4, 0.5) is 0 Å². The smallest absolute Gasteiger partial charge is 0.0622 e. The molecule has 0 unspecified atom stereocenters. The normalized spacial score (nSPS) is 18.6. The van der Waals surface area contributed by atoms with E-state index in [9.17, 15) is 0 Å². The predicted molar refractivity (Wildman–Crippen MR) is 36.4 cm³/mol. The van der Waals surface area contributed by atoms with Crippen molar-refractivity contribution in [1.29, 1.82) is 0 Å². The van der Waals surface area contributed by atoms with Crippen molar-refractivity contribution in [1.82, 2.24) is 0 Å². The maximum Gasteiger partial charge on any atom is 0.0824 e. The lowest BCUT2D eigenvalue weighted by Gasteiger charge is -1.96. The Morgan fingerprint density at radius 3 is 2.38 bits per heavy atom. The van der Waals surface area contributed by atoms with Crippen molar-refractivity contribution in [3.8, 4) is 0 Å². The van der Waals surface area contributed by atoms with Gasteiger partial charge < -0.3 is 0 Å². The van der Waals surface area contributed by atoms with Gasteiger partial charge in [-0.3, -0.25) is 0 Å². The molecule has 1 aliphatic rings. The Morgan fingerprint density at radius 1 is 1.38 bits per heavy atom. The summed E-state index contributed by atoms with van der Waals surface area (Å²) in [6, 6.07) is 0. The largest absolute Gasteiger partial charge is 0.0824 e. The molecule has 0 atom stereocenters. The van der Waals surface area contributed by atoms with Crippen molar-refractivity contribution < 1.29 is 0 Å². The standard InChI is InChI=1S/C8H11/c1-2-8-6-4-3-5-7-8/h3-8H,2H2,1H3/q+1. The van der Waals surface area contributed by atoms with Gasteiger partial charge in [0.2, 0.25) is 0 Å². The second-order valence-electron chi connectivity index (χ2n) is 2.03. The summed E-state index contributed by atoms with van der Waals surface area (Å²) in [5.74, 6) is 0.694. The van der Waals surface area contributed by atoms with Crippen LogP contribution < -0.4 is 0 Å². The fourth-order valence-corrected chi connectivity index (χ4v) is 0.814. The lowest BCUT2D eigenvalue weighted by molar-refractivity contribution is 0.768. The van der Waals surface area contributed by atoms with Gasteiger partial charge in [0.25, 0.3) is 0 Å². The van der Waals surface area contributed by atoms with E-state index in [1.54, 1.807) is 0 Å². The summed E-state index contributed by atoms with van der Waals surface area (Å²) < 4.78 is 0. The van der Waals surface area contributed by atoms with Crippen LogP contribution in [0.3, 0.4) is 0 Å². The van der Waals surface area contributed by atoms with Crippen molar-refractivity contribution in [3.05, 3.63) is 30.7 Å². The van der Waals surface area contributed by atoms with Gasteiger partial charge in [-0.15, -0.1) is 0 Å². The molecule has 0 aromatic rings. The third-order valence-electron chi connectivity index (χ3n) is 1.41. The zero-order valence-electron chi connectivity index (χ0n) is 5.17. The molecule has 0 nitrogen and oxygen atoms in total. The highest BCUT2D eigenvalue weighted by Gasteiger charge is 2.04. The lowest BCUT2D eigenvalue weighted by Crippen LogP contribution is -1.90. The van der Waals surface area contributed by atoms with E-state index in [0.29, 0.717) is 5.92 Å². The summed E-state index contributed by atoms with van der Waals surface area (Å²) in [5, 5.41) is 0. The fourth-order valence-electron chi connectivity index (χ4n) is 0.814. The van der Waals surface area contributed by atoms with Gasteiger partial charge in [-0.25, -0.2) is 0 Å². The van der Waals surface area contributed by atoms with Gasteiger partial charge in [-0.2, -0.15) is 0 Å². The second kappa shape index (κ2) is 2.61. The average molecular weight is 107 g/mol.